The Morgan fingerprint density at radius 2 is 1.88 bits per heavy atom. The maximum Gasteiger partial charge on any atom is 0.0634 e. The average molecular weight is 253 g/mol. The van der Waals surface area contributed by atoms with Gasteiger partial charge >= 0.3 is 0 Å². The van der Waals surface area contributed by atoms with Gasteiger partial charge in [0.25, 0.3) is 0 Å². The maximum absolute atomic E-state index is 6.10. The van der Waals surface area contributed by atoms with Crippen LogP contribution in [0.5, 0.6) is 0 Å². The van der Waals surface area contributed by atoms with E-state index in [1.54, 1.807) is 12.4 Å². The lowest BCUT2D eigenvalue weighted by Crippen LogP contribution is -2.29. The lowest BCUT2D eigenvalue weighted by atomic mass is 9.96. The molecule has 1 aromatic rings. The molecule has 0 aliphatic heterocycles. The summed E-state index contributed by atoms with van der Waals surface area (Å²) in [6, 6.07) is 2.66. The van der Waals surface area contributed by atoms with Gasteiger partial charge < -0.3 is 5.32 Å². The molecule has 1 heterocycles. The van der Waals surface area contributed by atoms with Gasteiger partial charge in [-0.3, -0.25) is 4.98 Å². The van der Waals surface area contributed by atoms with Gasteiger partial charge in [0.1, 0.15) is 0 Å². The molecule has 1 N–H and O–H groups in total. The van der Waals surface area contributed by atoms with Crippen molar-refractivity contribution < 1.29 is 0 Å². The van der Waals surface area contributed by atoms with Crippen molar-refractivity contribution in [2.45, 2.75) is 57.5 Å². The molecule has 1 fully saturated rings. The second-order valence-corrected chi connectivity index (χ2v) is 5.30. The van der Waals surface area contributed by atoms with Crippen molar-refractivity contribution in [3.05, 3.63) is 29.0 Å². The lowest BCUT2D eigenvalue weighted by Gasteiger charge is -2.21. The van der Waals surface area contributed by atoms with Crippen molar-refractivity contribution in [2.24, 2.45) is 0 Å². The van der Waals surface area contributed by atoms with Crippen molar-refractivity contribution >= 4 is 11.6 Å². The molecule has 1 saturated carbocycles. The molecule has 0 bridgehead atoms. The number of hydrogen-bond donors (Lipinski definition) is 1. The summed E-state index contributed by atoms with van der Waals surface area (Å²) in [5.74, 6) is 0. The van der Waals surface area contributed by atoms with E-state index in [1.807, 2.05) is 6.07 Å². The molecule has 2 rings (SSSR count). The van der Waals surface area contributed by atoms with Gasteiger partial charge in [-0.1, -0.05) is 43.7 Å². The fourth-order valence-corrected chi connectivity index (χ4v) is 2.65. The zero-order valence-electron chi connectivity index (χ0n) is 10.3. The maximum atomic E-state index is 6.10. The number of halogens is 1. The predicted octanol–water partition coefficient (Wildman–Crippen LogP) is 3.94. The van der Waals surface area contributed by atoms with Crippen molar-refractivity contribution in [3.63, 3.8) is 0 Å². The minimum atomic E-state index is 0.666. The van der Waals surface area contributed by atoms with Gasteiger partial charge in [-0.2, -0.15) is 0 Å². The van der Waals surface area contributed by atoms with Crippen LogP contribution in [0, 0.1) is 0 Å². The Hall–Kier alpha value is -0.600. The zero-order valence-corrected chi connectivity index (χ0v) is 11.0. The fraction of sp³-hybridized carbons (Fsp3) is 0.643. The molecule has 2 nitrogen and oxygen atoms in total. The molecule has 17 heavy (non-hydrogen) atoms. The molecule has 94 valence electrons. The van der Waals surface area contributed by atoms with Gasteiger partial charge in [0.2, 0.25) is 0 Å². The highest BCUT2D eigenvalue weighted by Gasteiger charge is 2.11. The summed E-state index contributed by atoms with van der Waals surface area (Å²) in [6.07, 6.45) is 13.1. The molecule has 3 heteroatoms. The number of aromatic nitrogens is 1. The van der Waals surface area contributed by atoms with Crippen LogP contribution in [0.15, 0.2) is 18.5 Å². The first-order chi connectivity index (χ1) is 8.36. The van der Waals surface area contributed by atoms with Crippen LogP contribution < -0.4 is 5.32 Å². The quantitative estimate of drug-likeness (QED) is 0.882. The standard InChI is InChI=1S/C14H21ClN2/c15-14-11-16-9-8-12(14)10-17-13-6-4-2-1-3-5-7-13/h8-9,11,13,17H,1-7,10H2. The van der Waals surface area contributed by atoms with Crippen molar-refractivity contribution in [1.29, 1.82) is 0 Å². The van der Waals surface area contributed by atoms with E-state index in [4.69, 9.17) is 11.6 Å². The Morgan fingerprint density at radius 3 is 2.59 bits per heavy atom. The number of rotatable bonds is 3. The SMILES string of the molecule is Clc1cnccc1CNC1CCCCCCC1. The van der Waals surface area contributed by atoms with E-state index < -0.39 is 0 Å². The predicted molar refractivity (Wildman–Crippen MR) is 72.2 cm³/mol. The minimum absolute atomic E-state index is 0.666. The second kappa shape index (κ2) is 6.97. The molecule has 0 saturated heterocycles. The van der Waals surface area contributed by atoms with E-state index in [2.05, 4.69) is 10.3 Å². The monoisotopic (exact) mass is 252 g/mol. The van der Waals surface area contributed by atoms with Gasteiger partial charge in [-0.05, 0) is 24.5 Å². The zero-order chi connectivity index (χ0) is 11.9. The van der Waals surface area contributed by atoms with Gasteiger partial charge in [0, 0.05) is 25.0 Å². The second-order valence-electron chi connectivity index (χ2n) is 4.89. The summed E-state index contributed by atoms with van der Waals surface area (Å²) in [5.41, 5.74) is 1.16. The molecule has 1 aromatic heterocycles. The molecular formula is C14H21ClN2. The number of nitrogens with zero attached hydrogens (tertiary/aromatic N) is 1. The van der Waals surface area contributed by atoms with Crippen LogP contribution in [0.3, 0.4) is 0 Å². The molecule has 1 aliphatic rings. The first kappa shape index (κ1) is 12.8. The Balaban J connectivity index is 1.82. The Kier molecular flexibility index (Phi) is 5.27. The summed E-state index contributed by atoms with van der Waals surface area (Å²) in [5, 5.41) is 4.40. The first-order valence-electron chi connectivity index (χ1n) is 6.68. The first-order valence-corrected chi connectivity index (χ1v) is 7.06. The largest absolute Gasteiger partial charge is 0.310 e. The third kappa shape index (κ3) is 4.29. The highest BCUT2D eigenvalue weighted by molar-refractivity contribution is 6.31. The Bertz CT molecular complexity index is 333. The van der Waals surface area contributed by atoms with Crippen LogP contribution in [-0.4, -0.2) is 11.0 Å². The highest BCUT2D eigenvalue weighted by atomic mass is 35.5. The van der Waals surface area contributed by atoms with Crippen LogP contribution in [0.25, 0.3) is 0 Å². The summed E-state index contributed by atoms with van der Waals surface area (Å²) >= 11 is 6.10. The minimum Gasteiger partial charge on any atom is -0.310 e. The Morgan fingerprint density at radius 1 is 1.18 bits per heavy atom. The smallest absolute Gasteiger partial charge is 0.0634 e. The molecule has 0 amide bonds. The van der Waals surface area contributed by atoms with Crippen LogP contribution in [0.2, 0.25) is 5.02 Å². The third-order valence-electron chi connectivity index (χ3n) is 3.54. The third-order valence-corrected chi connectivity index (χ3v) is 3.88. The topological polar surface area (TPSA) is 24.9 Å². The number of nitrogens with one attached hydrogen (secondary N) is 1. The molecular weight excluding hydrogens is 232 g/mol. The van der Waals surface area contributed by atoms with Gasteiger partial charge in [-0.25, -0.2) is 0 Å². The summed E-state index contributed by atoms with van der Waals surface area (Å²) in [6.45, 7) is 0.867. The van der Waals surface area contributed by atoms with Gasteiger partial charge in [0.05, 0.1) is 5.02 Å². The summed E-state index contributed by atoms with van der Waals surface area (Å²) < 4.78 is 0. The summed E-state index contributed by atoms with van der Waals surface area (Å²) in [7, 11) is 0. The van der Waals surface area contributed by atoms with Gasteiger partial charge in [0.15, 0.2) is 0 Å². The van der Waals surface area contributed by atoms with Crippen LogP contribution in [-0.2, 0) is 6.54 Å². The highest BCUT2D eigenvalue weighted by Crippen LogP contribution is 2.18. The van der Waals surface area contributed by atoms with E-state index in [9.17, 15) is 0 Å². The van der Waals surface area contributed by atoms with Crippen LogP contribution >= 0.6 is 11.6 Å². The van der Waals surface area contributed by atoms with Gasteiger partial charge in [-0.15, -0.1) is 0 Å². The number of pyridine rings is 1. The van der Waals surface area contributed by atoms with Crippen molar-refractivity contribution in [2.75, 3.05) is 0 Å². The van der Waals surface area contributed by atoms with Crippen LogP contribution in [0.4, 0.5) is 0 Å². The van der Waals surface area contributed by atoms with Crippen LogP contribution in [0.1, 0.15) is 50.5 Å². The van der Waals surface area contributed by atoms with E-state index in [0.29, 0.717) is 6.04 Å². The lowest BCUT2D eigenvalue weighted by molar-refractivity contribution is 0.389. The molecule has 0 aromatic carbocycles. The van der Waals surface area contributed by atoms with Crippen molar-refractivity contribution in [3.8, 4) is 0 Å². The molecule has 0 radical (unpaired) electrons. The van der Waals surface area contributed by atoms with Crippen molar-refractivity contribution in [1.82, 2.24) is 10.3 Å². The summed E-state index contributed by atoms with van der Waals surface area (Å²) in [4.78, 5) is 4.01. The molecule has 1 aliphatic carbocycles. The molecule has 0 unspecified atom stereocenters. The number of hydrogen-bond acceptors (Lipinski definition) is 2. The molecule has 0 atom stereocenters. The molecule has 0 spiro atoms. The van der Waals surface area contributed by atoms with E-state index in [0.717, 1.165) is 17.1 Å². The average Bonchev–Trinajstić information content (AvgIpc) is 2.29. The fourth-order valence-electron chi connectivity index (χ4n) is 2.46. The Labute approximate surface area is 109 Å². The van der Waals surface area contributed by atoms with E-state index in [-0.39, 0.29) is 0 Å². The van der Waals surface area contributed by atoms with E-state index >= 15 is 0 Å². The normalized spacial score (nSPS) is 18.6. The van der Waals surface area contributed by atoms with E-state index in [1.165, 1.54) is 44.9 Å².